The molecule has 7 nitrogen and oxygen atoms in total. The minimum Gasteiger partial charge on any atom is -0.496 e. The summed E-state index contributed by atoms with van der Waals surface area (Å²) in [4.78, 5) is 29.2. The number of para-hydroxylation sites is 1. The molecule has 1 fully saturated rings. The van der Waals surface area contributed by atoms with Gasteiger partial charge in [0.05, 0.1) is 37.6 Å². The van der Waals surface area contributed by atoms with Crippen LogP contribution in [-0.4, -0.2) is 81.3 Å². The Morgan fingerprint density at radius 3 is 2.55 bits per heavy atom. The molecule has 0 bridgehead atoms. The second kappa shape index (κ2) is 10.9. The minimum absolute atomic E-state index is 0.00336. The molecular formula is C23H27FN2O5. The third-order valence-corrected chi connectivity index (χ3v) is 5.14. The molecule has 2 aromatic rings. The van der Waals surface area contributed by atoms with E-state index in [2.05, 4.69) is 0 Å². The highest BCUT2D eigenvalue weighted by Gasteiger charge is 2.30. The van der Waals surface area contributed by atoms with Gasteiger partial charge in [0.2, 0.25) is 0 Å². The number of rotatable bonds is 8. The van der Waals surface area contributed by atoms with Crippen molar-refractivity contribution < 1.29 is 28.2 Å². The van der Waals surface area contributed by atoms with Crippen LogP contribution >= 0.6 is 0 Å². The zero-order valence-electron chi connectivity index (χ0n) is 17.8. The van der Waals surface area contributed by atoms with Crippen molar-refractivity contribution in [3.63, 3.8) is 0 Å². The lowest BCUT2D eigenvalue weighted by Gasteiger charge is -2.36. The van der Waals surface area contributed by atoms with Crippen molar-refractivity contribution in [2.24, 2.45) is 0 Å². The van der Waals surface area contributed by atoms with Gasteiger partial charge in [-0.05, 0) is 24.3 Å². The van der Waals surface area contributed by atoms with Crippen LogP contribution in [0.3, 0.4) is 0 Å². The van der Waals surface area contributed by atoms with Crippen molar-refractivity contribution >= 4 is 11.8 Å². The van der Waals surface area contributed by atoms with Crippen LogP contribution in [0.1, 0.15) is 20.7 Å². The minimum atomic E-state index is -0.576. The van der Waals surface area contributed by atoms with Crippen LogP contribution < -0.4 is 4.74 Å². The Morgan fingerprint density at radius 1 is 1.13 bits per heavy atom. The predicted molar refractivity (Wildman–Crippen MR) is 113 cm³/mol. The van der Waals surface area contributed by atoms with Crippen molar-refractivity contribution in [2.75, 3.05) is 53.6 Å². The summed E-state index contributed by atoms with van der Waals surface area (Å²) in [6, 6.07) is 12.9. The van der Waals surface area contributed by atoms with Crippen LogP contribution in [0.4, 0.5) is 4.39 Å². The lowest BCUT2D eigenvalue weighted by atomic mass is 10.1. The highest BCUT2D eigenvalue weighted by atomic mass is 19.1. The smallest absolute Gasteiger partial charge is 0.257 e. The number of nitrogens with zero attached hydrogens (tertiary/aromatic N) is 2. The number of carbonyl (C=O) groups is 2. The molecule has 2 amide bonds. The number of methoxy groups -OCH3 is 2. The third-order valence-electron chi connectivity index (χ3n) is 5.14. The molecule has 1 unspecified atom stereocenters. The second-order valence-electron chi connectivity index (χ2n) is 7.17. The fraction of sp³-hybridized carbons (Fsp3) is 0.391. The van der Waals surface area contributed by atoms with Crippen molar-refractivity contribution in [3.8, 4) is 5.75 Å². The Labute approximate surface area is 181 Å². The molecule has 2 aromatic carbocycles. The Morgan fingerprint density at radius 2 is 1.84 bits per heavy atom. The molecule has 31 heavy (non-hydrogen) atoms. The fourth-order valence-corrected chi connectivity index (χ4v) is 3.53. The van der Waals surface area contributed by atoms with E-state index in [0.717, 1.165) is 0 Å². The maximum absolute atomic E-state index is 14.2. The van der Waals surface area contributed by atoms with Gasteiger partial charge < -0.3 is 24.0 Å². The van der Waals surface area contributed by atoms with Gasteiger partial charge in [-0.3, -0.25) is 9.59 Å². The maximum atomic E-state index is 14.2. The van der Waals surface area contributed by atoms with E-state index in [0.29, 0.717) is 37.6 Å². The van der Waals surface area contributed by atoms with Crippen LogP contribution in [0.25, 0.3) is 0 Å². The Hall–Kier alpha value is -2.97. The molecule has 0 saturated carbocycles. The van der Waals surface area contributed by atoms with Crippen LogP contribution in [0.15, 0.2) is 48.5 Å². The molecule has 0 radical (unpaired) electrons. The number of amides is 2. The van der Waals surface area contributed by atoms with Crippen LogP contribution in [0.5, 0.6) is 5.75 Å². The zero-order chi connectivity index (χ0) is 22.2. The van der Waals surface area contributed by atoms with E-state index in [1.807, 2.05) is 0 Å². The second-order valence-corrected chi connectivity index (χ2v) is 7.17. The van der Waals surface area contributed by atoms with Crippen LogP contribution in [0, 0.1) is 5.82 Å². The molecule has 3 rings (SSSR count). The molecule has 166 valence electrons. The molecular weight excluding hydrogens is 403 g/mol. The summed E-state index contributed by atoms with van der Waals surface area (Å²) in [6.45, 7) is 1.89. The first-order chi connectivity index (χ1) is 15.0. The molecule has 0 spiro atoms. The van der Waals surface area contributed by atoms with E-state index in [9.17, 15) is 14.0 Å². The number of benzene rings is 2. The maximum Gasteiger partial charge on any atom is 0.257 e. The van der Waals surface area contributed by atoms with Crippen molar-refractivity contribution in [2.45, 2.75) is 6.10 Å². The summed E-state index contributed by atoms with van der Waals surface area (Å²) in [5.74, 6) is -0.666. The van der Waals surface area contributed by atoms with Gasteiger partial charge in [-0.15, -0.1) is 0 Å². The number of hydrogen-bond donors (Lipinski definition) is 0. The molecule has 8 heteroatoms. The molecule has 0 aliphatic carbocycles. The standard InChI is InChI=1S/C23H27FN2O5/c1-29-13-11-25(22(27)18-7-3-5-9-20(18)24)15-17-16-26(12-14-31-17)23(28)19-8-4-6-10-21(19)30-2/h3-10,17H,11-16H2,1-2H3. The van der Waals surface area contributed by atoms with Gasteiger partial charge in [-0.2, -0.15) is 0 Å². The first-order valence-corrected chi connectivity index (χ1v) is 10.1. The summed E-state index contributed by atoms with van der Waals surface area (Å²) in [5, 5.41) is 0. The average molecular weight is 430 g/mol. The lowest BCUT2D eigenvalue weighted by molar-refractivity contribution is -0.0348. The van der Waals surface area contributed by atoms with Crippen LogP contribution in [0.2, 0.25) is 0 Å². The predicted octanol–water partition coefficient (Wildman–Crippen LogP) is 2.46. The Balaban J connectivity index is 1.72. The van der Waals surface area contributed by atoms with E-state index in [-0.39, 0.29) is 24.6 Å². The topological polar surface area (TPSA) is 68.3 Å². The fourth-order valence-electron chi connectivity index (χ4n) is 3.53. The van der Waals surface area contributed by atoms with E-state index in [1.54, 1.807) is 35.2 Å². The Kier molecular flexibility index (Phi) is 7.97. The zero-order valence-corrected chi connectivity index (χ0v) is 17.8. The van der Waals surface area contributed by atoms with Gasteiger partial charge in [0.15, 0.2) is 0 Å². The first kappa shape index (κ1) is 22.7. The number of morpholine rings is 1. The molecule has 0 N–H and O–H groups in total. The number of hydrogen-bond acceptors (Lipinski definition) is 5. The van der Waals surface area contributed by atoms with Gasteiger partial charge >= 0.3 is 0 Å². The number of carbonyl (C=O) groups excluding carboxylic acids is 2. The van der Waals surface area contributed by atoms with E-state index >= 15 is 0 Å². The third kappa shape index (κ3) is 5.59. The normalized spacial score (nSPS) is 16.1. The summed E-state index contributed by atoms with van der Waals surface area (Å²) in [6.07, 6.45) is -0.403. The van der Waals surface area contributed by atoms with Gasteiger partial charge in [-0.1, -0.05) is 24.3 Å². The number of halogens is 1. The van der Waals surface area contributed by atoms with Crippen LogP contribution in [-0.2, 0) is 9.47 Å². The number of ether oxygens (including phenoxy) is 3. The van der Waals surface area contributed by atoms with Crippen molar-refractivity contribution in [3.05, 3.63) is 65.5 Å². The van der Waals surface area contributed by atoms with E-state index < -0.39 is 17.8 Å². The summed E-state index contributed by atoms with van der Waals surface area (Å²) in [5.41, 5.74) is 0.473. The highest BCUT2D eigenvalue weighted by molar-refractivity contribution is 5.97. The Bertz CT molecular complexity index is 907. The van der Waals surface area contributed by atoms with Gasteiger partial charge in [0.1, 0.15) is 11.6 Å². The molecule has 0 aromatic heterocycles. The van der Waals surface area contributed by atoms with E-state index in [1.165, 1.54) is 37.3 Å². The molecule has 1 atom stereocenters. The van der Waals surface area contributed by atoms with E-state index in [4.69, 9.17) is 14.2 Å². The first-order valence-electron chi connectivity index (χ1n) is 10.1. The van der Waals surface area contributed by atoms with Gasteiger partial charge in [0.25, 0.3) is 11.8 Å². The summed E-state index contributed by atoms with van der Waals surface area (Å²) >= 11 is 0. The average Bonchev–Trinajstić information content (AvgIpc) is 2.81. The summed E-state index contributed by atoms with van der Waals surface area (Å²) < 4.78 is 30.4. The van der Waals surface area contributed by atoms with Gasteiger partial charge in [-0.25, -0.2) is 4.39 Å². The lowest BCUT2D eigenvalue weighted by Crippen LogP contribution is -2.51. The highest BCUT2D eigenvalue weighted by Crippen LogP contribution is 2.21. The summed E-state index contributed by atoms with van der Waals surface area (Å²) in [7, 11) is 3.06. The molecule has 1 aliphatic rings. The SMILES string of the molecule is COCCN(CC1CN(C(=O)c2ccccc2OC)CCO1)C(=O)c1ccccc1F. The quantitative estimate of drug-likeness (QED) is 0.644. The molecule has 1 aliphatic heterocycles. The van der Waals surface area contributed by atoms with Crippen molar-refractivity contribution in [1.29, 1.82) is 0 Å². The monoisotopic (exact) mass is 430 g/mol. The molecule has 1 heterocycles. The molecule has 1 saturated heterocycles. The van der Waals surface area contributed by atoms with Gasteiger partial charge in [0, 0.05) is 33.3 Å². The largest absolute Gasteiger partial charge is 0.496 e. The van der Waals surface area contributed by atoms with Crippen molar-refractivity contribution in [1.82, 2.24) is 9.80 Å².